The Morgan fingerprint density at radius 1 is 1.07 bits per heavy atom. The molecule has 0 amide bonds. The molecular formula is C22H30N4O4. The normalized spacial score (nSPS) is 18.0. The second-order valence-corrected chi connectivity index (χ2v) is 8.09. The number of nitrogens with zero attached hydrogens (tertiary/aromatic N) is 3. The SMILES string of the molecule is COc1cc(CN2CCC(c3cc(=O)[nH]c(N4CCCC4)n3)CC2)cc(OC)c1O. The number of anilines is 1. The average Bonchev–Trinajstić information content (AvgIpc) is 3.30. The Labute approximate surface area is 176 Å². The number of methoxy groups -OCH3 is 2. The molecule has 0 saturated carbocycles. The highest BCUT2D eigenvalue weighted by Gasteiger charge is 2.24. The summed E-state index contributed by atoms with van der Waals surface area (Å²) >= 11 is 0. The number of piperidine rings is 1. The van der Waals surface area contributed by atoms with Crippen LogP contribution in [0.15, 0.2) is 23.0 Å². The third-order valence-corrected chi connectivity index (χ3v) is 6.11. The van der Waals surface area contributed by atoms with Gasteiger partial charge in [0, 0.05) is 31.6 Å². The van der Waals surface area contributed by atoms with Crippen molar-refractivity contribution >= 4 is 5.95 Å². The highest BCUT2D eigenvalue weighted by atomic mass is 16.5. The summed E-state index contributed by atoms with van der Waals surface area (Å²) in [5, 5.41) is 10.1. The van der Waals surface area contributed by atoms with Crippen LogP contribution in [0.1, 0.15) is 42.9 Å². The molecular weight excluding hydrogens is 384 g/mol. The van der Waals surface area contributed by atoms with E-state index in [2.05, 4.69) is 14.8 Å². The average molecular weight is 415 g/mol. The van der Waals surface area contributed by atoms with Crippen molar-refractivity contribution in [2.24, 2.45) is 0 Å². The van der Waals surface area contributed by atoms with Gasteiger partial charge in [-0.25, -0.2) is 4.98 Å². The van der Waals surface area contributed by atoms with Crippen molar-refractivity contribution in [3.05, 3.63) is 39.8 Å². The van der Waals surface area contributed by atoms with E-state index in [0.29, 0.717) is 17.4 Å². The standard InChI is InChI=1S/C22H30N4O4/c1-29-18-11-15(12-19(30-2)21(18)28)14-25-9-5-16(6-10-25)17-13-20(27)24-22(23-17)26-7-3-4-8-26/h11-13,16,28H,3-10,14H2,1-2H3,(H,23,24,27). The van der Waals surface area contributed by atoms with Gasteiger partial charge >= 0.3 is 0 Å². The summed E-state index contributed by atoms with van der Waals surface area (Å²) < 4.78 is 10.5. The maximum Gasteiger partial charge on any atom is 0.252 e. The molecule has 1 aromatic heterocycles. The largest absolute Gasteiger partial charge is 0.502 e. The molecule has 1 aromatic carbocycles. The molecule has 30 heavy (non-hydrogen) atoms. The number of aromatic hydroxyl groups is 1. The maximum absolute atomic E-state index is 12.2. The number of hydrogen-bond donors (Lipinski definition) is 2. The van der Waals surface area contributed by atoms with Gasteiger partial charge in [0.25, 0.3) is 5.56 Å². The Balaban J connectivity index is 1.42. The zero-order valence-electron chi connectivity index (χ0n) is 17.7. The van der Waals surface area contributed by atoms with Crippen LogP contribution < -0.4 is 19.9 Å². The van der Waals surface area contributed by atoms with Crippen LogP contribution in [-0.4, -0.2) is 60.4 Å². The predicted molar refractivity (Wildman–Crippen MR) is 115 cm³/mol. The first-order valence-electron chi connectivity index (χ1n) is 10.6. The lowest BCUT2D eigenvalue weighted by Crippen LogP contribution is -2.33. The van der Waals surface area contributed by atoms with Crippen LogP contribution in [0.5, 0.6) is 17.2 Å². The number of likely N-dealkylation sites (tertiary alicyclic amines) is 1. The first-order chi connectivity index (χ1) is 14.6. The number of phenolic OH excluding ortho intramolecular Hbond substituents is 1. The van der Waals surface area contributed by atoms with Gasteiger partial charge in [-0.3, -0.25) is 14.7 Å². The van der Waals surface area contributed by atoms with Gasteiger partial charge in [-0.2, -0.15) is 0 Å². The minimum absolute atomic E-state index is 0.0247. The van der Waals surface area contributed by atoms with E-state index >= 15 is 0 Å². The van der Waals surface area contributed by atoms with Gasteiger partial charge in [0.05, 0.1) is 19.9 Å². The van der Waals surface area contributed by atoms with Gasteiger partial charge in [-0.05, 0) is 56.5 Å². The van der Waals surface area contributed by atoms with Gasteiger partial charge in [0.1, 0.15) is 0 Å². The molecule has 4 rings (SSSR count). The van der Waals surface area contributed by atoms with E-state index in [9.17, 15) is 9.90 Å². The number of benzene rings is 1. The molecule has 0 radical (unpaired) electrons. The first kappa shape index (κ1) is 20.5. The van der Waals surface area contributed by atoms with Crippen LogP contribution in [0.25, 0.3) is 0 Å². The molecule has 162 valence electrons. The van der Waals surface area contributed by atoms with E-state index in [-0.39, 0.29) is 11.3 Å². The van der Waals surface area contributed by atoms with E-state index in [1.54, 1.807) is 6.07 Å². The summed E-state index contributed by atoms with van der Waals surface area (Å²) in [4.78, 5) is 24.4. The molecule has 2 aliphatic rings. The van der Waals surface area contributed by atoms with Crippen molar-refractivity contribution in [3.8, 4) is 17.2 Å². The van der Waals surface area contributed by atoms with E-state index in [4.69, 9.17) is 14.5 Å². The Bertz CT molecular complexity index is 906. The molecule has 2 aromatic rings. The van der Waals surface area contributed by atoms with Crippen LogP contribution in [0.3, 0.4) is 0 Å². The minimum atomic E-state index is -0.0624. The second kappa shape index (κ2) is 8.95. The summed E-state index contributed by atoms with van der Waals surface area (Å²) in [6.45, 7) is 4.52. The zero-order chi connectivity index (χ0) is 21.1. The van der Waals surface area contributed by atoms with Crippen molar-refractivity contribution < 1.29 is 14.6 Å². The van der Waals surface area contributed by atoms with Crippen LogP contribution in [-0.2, 0) is 6.54 Å². The lowest BCUT2D eigenvalue weighted by molar-refractivity contribution is 0.202. The Morgan fingerprint density at radius 2 is 1.70 bits per heavy atom. The Kier molecular flexibility index (Phi) is 6.13. The highest BCUT2D eigenvalue weighted by molar-refractivity contribution is 5.52. The fraction of sp³-hybridized carbons (Fsp3) is 0.545. The van der Waals surface area contributed by atoms with Gasteiger partial charge in [-0.1, -0.05) is 0 Å². The molecule has 2 N–H and O–H groups in total. The summed E-state index contributed by atoms with van der Waals surface area (Å²) in [5.41, 5.74) is 1.88. The fourth-order valence-electron chi connectivity index (χ4n) is 4.44. The van der Waals surface area contributed by atoms with Gasteiger partial charge in [-0.15, -0.1) is 0 Å². The highest BCUT2D eigenvalue weighted by Crippen LogP contribution is 2.38. The molecule has 0 aliphatic carbocycles. The van der Waals surface area contributed by atoms with Crippen LogP contribution in [0.4, 0.5) is 5.95 Å². The molecule has 0 unspecified atom stereocenters. The Hall–Kier alpha value is -2.74. The van der Waals surface area contributed by atoms with E-state index in [1.165, 1.54) is 14.2 Å². The molecule has 0 spiro atoms. The number of aromatic nitrogens is 2. The number of nitrogens with one attached hydrogen (secondary N) is 1. The number of rotatable bonds is 6. The molecule has 2 fully saturated rings. The predicted octanol–water partition coefficient (Wildman–Crippen LogP) is 2.47. The molecule has 0 atom stereocenters. The molecule has 8 nitrogen and oxygen atoms in total. The number of H-pyrrole nitrogens is 1. The number of aromatic amines is 1. The van der Waals surface area contributed by atoms with Crippen molar-refractivity contribution in [2.45, 2.75) is 38.1 Å². The monoisotopic (exact) mass is 414 g/mol. The smallest absolute Gasteiger partial charge is 0.252 e. The lowest BCUT2D eigenvalue weighted by Gasteiger charge is -2.32. The van der Waals surface area contributed by atoms with E-state index in [0.717, 1.165) is 75.6 Å². The van der Waals surface area contributed by atoms with Crippen molar-refractivity contribution in [2.75, 3.05) is 45.3 Å². The topological polar surface area (TPSA) is 90.9 Å². The van der Waals surface area contributed by atoms with Crippen LogP contribution >= 0.6 is 0 Å². The van der Waals surface area contributed by atoms with Crippen LogP contribution in [0.2, 0.25) is 0 Å². The van der Waals surface area contributed by atoms with Crippen molar-refractivity contribution in [1.82, 2.24) is 14.9 Å². The van der Waals surface area contributed by atoms with Crippen molar-refractivity contribution in [1.29, 1.82) is 0 Å². The van der Waals surface area contributed by atoms with Gasteiger partial charge < -0.3 is 19.5 Å². The maximum atomic E-state index is 12.2. The van der Waals surface area contributed by atoms with Crippen LogP contribution in [0, 0.1) is 0 Å². The molecule has 2 aliphatic heterocycles. The molecule has 2 saturated heterocycles. The molecule has 3 heterocycles. The number of hydrogen-bond acceptors (Lipinski definition) is 7. The van der Waals surface area contributed by atoms with Gasteiger partial charge in [0.15, 0.2) is 11.5 Å². The number of ether oxygens (including phenoxy) is 2. The summed E-state index contributed by atoms with van der Waals surface area (Å²) in [6, 6.07) is 5.37. The third-order valence-electron chi connectivity index (χ3n) is 6.11. The quantitative estimate of drug-likeness (QED) is 0.750. The molecule has 8 heteroatoms. The Morgan fingerprint density at radius 3 is 2.30 bits per heavy atom. The van der Waals surface area contributed by atoms with E-state index < -0.39 is 0 Å². The summed E-state index contributed by atoms with van der Waals surface area (Å²) in [5.74, 6) is 1.88. The second-order valence-electron chi connectivity index (χ2n) is 8.09. The van der Waals surface area contributed by atoms with Gasteiger partial charge in [0.2, 0.25) is 11.7 Å². The lowest BCUT2D eigenvalue weighted by atomic mass is 9.93. The third kappa shape index (κ3) is 4.38. The summed E-state index contributed by atoms with van der Waals surface area (Å²) in [7, 11) is 3.07. The molecule has 0 bridgehead atoms. The minimum Gasteiger partial charge on any atom is -0.502 e. The first-order valence-corrected chi connectivity index (χ1v) is 10.6. The fourth-order valence-corrected chi connectivity index (χ4v) is 4.44. The summed E-state index contributed by atoms with van der Waals surface area (Å²) in [6.07, 6.45) is 4.23. The number of phenols is 1. The van der Waals surface area contributed by atoms with Crippen molar-refractivity contribution in [3.63, 3.8) is 0 Å². The van der Waals surface area contributed by atoms with E-state index in [1.807, 2.05) is 12.1 Å². The zero-order valence-corrected chi connectivity index (χ0v) is 17.7.